The summed E-state index contributed by atoms with van der Waals surface area (Å²) in [5.41, 5.74) is 0. The second-order valence-corrected chi connectivity index (χ2v) is 5.00. The Morgan fingerprint density at radius 2 is 1.94 bits per heavy atom. The number of carbonyl (C=O) groups is 1. The van der Waals surface area contributed by atoms with Gasteiger partial charge in [0.05, 0.1) is 0 Å². The van der Waals surface area contributed by atoms with Gasteiger partial charge in [0, 0.05) is 12.6 Å². The Bertz CT molecular complexity index is 267. The average molecular weight is 244 g/mol. The second kappa shape index (κ2) is 5.78. The first-order valence-electron chi connectivity index (χ1n) is 6.49. The van der Waals surface area contributed by atoms with Gasteiger partial charge in [0.2, 0.25) is 0 Å². The first-order valence-corrected chi connectivity index (χ1v) is 6.49. The fraction of sp³-hybridized carbons (Fsp3) is 0.917. The molecular weight excluding hydrogens is 223 g/mol. The Kier molecular flexibility index (Phi) is 4.34. The molecule has 0 aromatic heterocycles. The molecule has 4 nitrogen and oxygen atoms in total. The number of aliphatic carboxylic acids is 1. The summed E-state index contributed by atoms with van der Waals surface area (Å²) in [7, 11) is 0. The summed E-state index contributed by atoms with van der Waals surface area (Å²) < 4.78 is 12.2. The maximum atomic E-state index is 12.2. The van der Waals surface area contributed by atoms with Crippen LogP contribution in [0.4, 0.5) is 4.39 Å². The van der Waals surface area contributed by atoms with Crippen molar-refractivity contribution < 1.29 is 14.3 Å². The van der Waals surface area contributed by atoms with Crippen molar-refractivity contribution in [1.29, 1.82) is 0 Å². The van der Waals surface area contributed by atoms with Gasteiger partial charge in [-0.15, -0.1) is 0 Å². The van der Waals surface area contributed by atoms with E-state index in [1.54, 1.807) is 0 Å². The molecule has 5 heteroatoms. The van der Waals surface area contributed by atoms with Gasteiger partial charge in [0.25, 0.3) is 0 Å². The zero-order valence-corrected chi connectivity index (χ0v) is 10.1. The van der Waals surface area contributed by atoms with E-state index in [1.165, 1.54) is 0 Å². The number of halogens is 1. The number of carboxylic acid groups (broad SMARTS) is 1. The molecule has 0 spiro atoms. The summed E-state index contributed by atoms with van der Waals surface area (Å²) in [6.45, 7) is 2.95. The number of rotatable bonds is 4. The van der Waals surface area contributed by atoms with Gasteiger partial charge < -0.3 is 10.0 Å². The van der Waals surface area contributed by atoms with Gasteiger partial charge in [-0.1, -0.05) is 0 Å². The van der Waals surface area contributed by atoms with Gasteiger partial charge in [-0.25, -0.2) is 4.39 Å². The number of nitrogens with zero attached hydrogens (tertiary/aromatic N) is 2. The molecule has 0 aliphatic carbocycles. The molecule has 0 aromatic carbocycles. The molecule has 1 N–H and O–H groups in total. The van der Waals surface area contributed by atoms with E-state index in [2.05, 4.69) is 9.80 Å². The lowest BCUT2D eigenvalue weighted by molar-refractivity contribution is -0.143. The van der Waals surface area contributed by atoms with E-state index in [1.807, 2.05) is 0 Å². The Morgan fingerprint density at radius 3 is 2.53 bits per heavy atom. The lowest BCUT2D eigenvalue weighted by atomic mass is 10.0. The quantitative estimate of drug-likeness (QED) is 0.800. The molecule has 1 unspecified atom stereocenters. The minimum absolute atomic E-state index is 0.285. The Labute approximate surface area is 101 Å². The maximum Gasteiger partial charge on any atom is 0.320 e. The minimum Gasteiger partial charge on any atom is -0.480 e. The van der Waals surface area contributed by atoms with Crippen LogP contribution in [0.15, 0.2) is 0 Å². The van der Waals surface area contributed by atoms with Crippen molar-refractivity contribution >= 4 is 5.97 Å². The van der Waals surface area contributed by atoms with Crippen LogP contribution < -0.4 is 0 Å². The SMILES string of the molecule is O=C(O)C1CCCN1C1CCN(CCF)CC1. The molecule has 1 atom stereocenters. The van der Waals surface area contributed by atoms with Crippen molar-refractivity contribution in [2.45, 2.75) is 37.8 Å². The number of hydrogen-bond donors (Lipinski definition) is 1. The molecule has 0 aromatic rings. The first kappa shape index (κ1) is 12.8. The van der Waals surface area contributed by atoms with Crippen LogP contribution in [0.5, 0.6) is 0 Å². The van der Waals surface area contributed by atoms with Crippen LogP contribution >= 0.6 is 0 Å². The lowest BCUT2D eigenvalue weighted by Gasteiger charge is -2.38. The van der Waals surface area contributed by atoms with Crippen molar-refractivity contribution in [2.75, 3.05) is 32.9 Å². The van der Waals surface area contributed by atoms with Crippen LogP contribution in [-0.4, -0.2) is 65.8 Å². The molecule has 2 aliphatic rings. The van der Waals surface area contributed by atoms with Crippen molar-refractivity contribution in [1.82, 2.24) is 9.80 Å². The smallest absolute Gasteiger partial charge is 0.320 e. The lowest BCUT2D eigenvalue weighted by Crippen LogP contribution is -2.49. The van der Waals surface area contributed by atoms with E-state index in [4.69, 9.17) is 5.11 Å². The van der Waals surface area contributed by atoms with E-state index < -0.39 is 5.97 Å². The zero-order chi connectivity index (χ0) is 12.3. The highest BCUT2D eigenvalue weighted by Crippen LogP contribution is 2.26. The summed E-state index contributed by atoms with van der Waals surface area (Å²) in [5, 5.41) is 9.15. The van der Waals surface area contributed by atoms with Gasteiger partial charge >= 0.3 is 5.97 Å². The van der Waals surface area contributed by atoms with E-state index in [9.17, 15) is 9.18 Å². The molecule has 2 saturated heterocycles. The number of alkyl halides is 1. The van der Waals surface area contributed by atoms with Gasteiger partial charge in [-0.2, -0.15) is 0 Å². The molecular formula is C12H21FN2O2. The molecule has 2 aliphatic heterocycles. The van der Waals surface area contributed by atoms with Gasteiger partial charge in [0.15, 0.2) is 0 Å². The molecule has 17 heavy (non-hydrogen) atoms. The highest BCUT2D eigenvalue weighted by Gasteiger charge is 2.36. The Balaban J connectivity index is 1.85. The van der Waals surface area contributed by atoms with Crippen LogP contribution in [0.1, 0.15) is 25.7 Å². The van der Waals surface area contributed by atoms with Crippen molar-refractivity contribution in [2.24, 2.45) is 0 Å². The molecule has 2 fully saturated rings. The van der Waals surface area contributed by atoms with E-state index in [0.29, 0.717) is 12.6 Å². The van der Waals surface area contributed by atoms with Gasteiger partial charge in [0.1, 0.15) is 12.7 Å². The van der Waals surface area contributed by atoms with Crippen molar-refractivity contribution in [3.63, 3.8) is 0 Å². The monoisotopic (exact) mass is 244 g/mol. The summed E-state index contributed by atoms with van der Waals surface area (Å²) in [6, 6.07) is 0.0992. The predicted molar refractivity (Wildman–Crippen MR) is 62.8 cm³/mol. The molecule has 0 saturated carbocycles. The number of likely N-dealkylation sites (tertiary alicyclic amines) is 2. The molecule has 0 bridgehead atoms. The summed E-state index contributed by atoms with van der Waals surface area (Å²) >= 11 is 0. The molecule has 0 radical (unpaired) electrons. The van der Waals surface area contributed by atoms with Crippen molar-refractivity contribution in [3.8, 4) is 0 Å². The second-order valence-electron chi connectivity index (χ2n) is 5.00. The fourth-order valence-corrected chi connectivity index (χ4v) is 3.09. The van der Waals surface area contributed by atoms with Gasteiger partial charge in [-0.3, -0.25) is 9.69 Å². The Hall–Kier alpha value is -0.680. The number of carboxylic acids is 1. The van der Waals surface area contributed by atoms with Crippen LogP contribution in [0.3, 0.4) is 0 Å². The van der Waals surface area contributed by atoms with Crippen LogP contribution in [0.25, 0.3) is 0 Å². The fourth-order valence-electron chi connectivity index (χ4n) is 3.09. The van der Waals surface area contributed by atoms with E-state index in [-0.39, 0.29) is 12.7 Å². The average Bonchev–Trinajstić information content (AvgIpc) is 2.79. The van der Waals surface area contributed by atoms with Crippen molar-refractivity contribution in [3.05, 3.63) is 0 Å². The first-order chi connectivity index (χ1) is 8.22. The largest absolute Gasteiger partial charge is 0.480 e. The molecule has 98 valence electrons. The highest BCUT2D eigenvalue weighted by molar-refractivity contribution is 5.73. The van der Waals surface area contributed by atoms with Crippen LogP contribution in [0.2, 0.25) is 0 Å². The summed E-state index contributed by atoms with van der Waals surface area (Å²) in [5.74, 6) is -0.686. The Morgan fingerprint density at radius 1 is 1.24 bits per heavy atom. The van der Waals surface area contributed by atoms with E-state index in [0.717, 1.165) is 45.3 Å². The topological polar surface area (TPSA) is 43.8 Å². The third kappa shape index (κ3) is 2.96. The van der Waals surface area contributed by atoms with Crippen LogP contribution in [0, 0.1) is 0 Å². The number of hydrogen-bond acceptors (Lipinski definition) is 3. The van der Waals surface area contributed by atoms with E-state index >= 15 is 0 Å². The standard InChI is InChI=1S/C12H21FN2O2/c13-5-9-14-7-3-10(4-8-14)15-6-1-2-11(15)12(16)17/h10-11H,1-9H2,(H,16,17). The maximum absolute atomic E-state index is 12.2. The summed E-state index contributed by atoms with van der Waals surface area (Å²) in [6.07, 6.45) is 3.72. The number of piperidine rings is 1. The third-order valence-corrected chi connectivity index (χ3v) is 4.01. The zero-order valence-electron chi connectivity index (χ0n) is 10.1. The normalized spacial score (nSPS) is 28.6. The molecule has 2 rings (SSSR count). The summed E-state index contributed by atoms with van der Waals surface area (Å²) in [4.78, 5) is 15.4. The highest BCUT2D eigenvalue weighted by atomic mass is 19.1. The third-order valence-electron chi connectivity index (χ3n) is 4.01. The predicted octanol–water partition coefficient (Wildman–Crippen LogP) is 0.969. The minimum atomic E-state index is -0.686. The van der Waals surface area contributed by atoms with Gasteiger partial charge in [-0.05, 0) is 45.3 Å². The van der Waals surface area contributed by atoms with Crippen LogP contribution in [-0.2, 0) is 4.79 Å². The molecule has 2 heterocycles. The molecule has 0 amide bonds.